The number of carbonyl (C=O) groups excluding carboxylic acids is 1. The third-order valence-electron chi connectivity index (χ3n) is 4.18. The summed E-state index contributed by atoms with van der Waals surface area (Å²) < 4.78 is 17.0. The van der Waals surface area contributed by atoms with Crippen molar-refractivity contribution in [2.45, 2.75) is 26.4 Å². The molecule has 2 aliphatic heterocycles. The van der Waals surface area contributed by atoms with Crippen LogP contribution in [0, 0.1) is 11.8 Å². The van der Waals surface area contributed by atoms with E-state index in [0.717, 1.165) is 32.7 Å². The maximum atomic E-state index is 12.9. The van der Waals surface area contributed by atoms with Gasteiger partial charge in [-0.05, 0) is 24.5 Å². The number of hydrogen-bond donors (Lipinski definition) is 0. The zero-order valence-electron chi connectivity index (χ0n) is 13.9. The number of nitrogens with zero attached hydrogens (tertiary/aromatic N) is 1. The molecule has 23 heavy (non-hydrogen) atoms. The molecule has 1 aromatic carbocycles. The highest BCUT2D eigenvalue weighted by molar-refractivity contribution is 5.82. The van der Waals surface area contributed by atoms with Gasteiger partial charge in [-0.15, -0.1) is 0 Å². The van der Waals surface area contributed by atoms with Gasteiger partial charge in [0.05, 0.1) is 6.61 Å². The van der Waals surface area contributed by atoms with Gasteiger partial charge in [0, 0.05) is 25.6 Å². The smallest absolute Gasteiger partial charge is 0.267 e. The third kappa shape index (κ3) is 3.96. The molecule has 1 aromatic rings. The summed E-state index contributed by atoms with van der Waals surface area (Å²) in [6.07, 6.45) is 0.457. The predicted molar refractivity (Wildman–Crippen MR) is 86.7 cm³/mol. The van der Waals surface area contributed by atoms with Crippen LogP contribution < -0.4 is 9.47 Å². The molecular weight excluding hydrogens is 294 g/mol. The van der Waals surface area contributed by atoms with Crippen molar-refractivity contribution in [3.63, 3.8) is 0 Å². The van der Waals surface area contributed by atoms with Crippen LogP contribution >= 0.6 is 0 Å². The van der Waals surface area contributed by atoms with Crippen molar-refractivity contribution in [1.82, 2.24) is 4.90 Å². The van der Waals surface area contributed by atoms with Gasteiger partial charge >= 0.3 is 0 Å². The van der Waals surface area contributed by atoms with Gasteiger partial charge in [0.25, 0.3) is 5.91 Å². The Bertz CT molecular complexity index is 540. The Morgan fingerprint density at radius 3 is 2.74 bits per heavy atom. The fraction of sp³-hybridized carbons (Fsp3) is 0.611. The zero-order chi connectivity index (χ0) is 16.2. The Balaban J connectivity index is 1.67. The summed E-state index contributed by atoms with van der Waals surface area (Å²) in [5.41, 5.74) is 0. The Hall–Kier alpha value is -1.75. The van der Waals surface area contributed by atoms with Gasteiger partial charge < -0.3 is 19.1 Å². The third-order valence-corrected chi connectivity index (χ3v) is 4.18. The molecule has 5 heteroatoms. The van der Waals surface area contributed by atoms with Crippen molar-refractivity contribution in [2.75, 3.05) is 32.9 Å². The largest absolute Gasteiger partial charge is 0.485 e. The van der Waals surface area contributed by atoms with Crippen molar-refractivity contribution >= 4 is 5.91 Å². The van der Waals surface area contributed by atoms with Gasteiger partial charge in [0.15, 0.2) is 11.5 Å². The second-order valence-electron chi connectivity index (χ2n) is 6.73. The maximum Gasteiger partial charge on any atom is 0.267 e. The van der Waals surface area contributed by atoms with Crippen LogP contribution in [0.5, 0.6) is 11.5 Å². The lowest BCUT2D eigenvalue weighted by molar-refractivity contribution is -0.142. The van der Waals surface area contributed by atoms with E-state index in [2.05, 4.69) is 13.8 Å². The Morgan fingerprint density at radius 2 is 2.04 bits per heavy atom. The molecule has 1 amide bonds. The second-order valence-corrected chi connectivity index (χ2v) is 6.73. The van der Waals surface area contributed by atoms with Crippen LogP contribution in [0.4, 0.5) is 0 Å². The van der Waals surface area contributed by atoms with Crippen LogP contribution in [-0.2, 0) is 9.53 Å². The first-order valence-corrected chi connectivity index (χ1v) is 8.38. The van der Waals surface area contributed by atoms with E-state index in [1.165, 1.54) is 0 Å². The maximum absolute atomic E-state index is 12.9. The molecule has 1 saturated heterocycles. The van der Waals surface area contributed by atoms with Gasteiger partial charge in [-0.1, -0.05) is 26.0 Å². The first kappa shape index (κ1) is 16.1. The molecule has 0 unspecified atom stereocenters. The Morgan fingerprint density at radius 1 is 1.26 bits per heavy atom. The first-order valence-electron chi connectivity index (χ1n) is 8.38. The lowest BCUT2D eigenvalue weighted by Gasteiger charge is -2.32. The summed E-state index contributed by atoms with van der Waals surface area (Å²) >= 11 is 0. The molecule has 126 valence electrons. The summed E-state index contributed by atoms with van der Waals surface area (Å²) in [7, 11) is 0. The first-order chi connectivity index (χ1) is 11.1. The van der Waals surface area contributed by atoms with Crippen LogP contribution in [0.3, 0.4) is 0 Å². The predicted octanol–water partition coefficient (Wildman–Crippen LogP) is 2.35. The van der Waals surface area contributed by atoms with E-state index in [-0.39, 0.29) is 12.5 Å². The molecule has 0 N–H and O–H groups in total. The molecule has 2 aliphatic rings. The van der Waals surface area contributed by atoms with Crippen LogP contribution in [-0.4, -0.2) is 49.8 Å². The SMILES string of the molecule is CC(C)CN(C[C@H]1CCOC1)C(=O)[C@@H]1COc2ccccc2O1. The Labute approximate surface area is 137 Å². The minimum Gasteiger partial charge on any atom is -0.485 e. The van der Waals surface area contributed by atoms with Crippen LogP contribution in [0.1, 0.15) is 20.3 Å². The standard InChI is InChI=1S/C18H25NO4/c1-13(2)9-19(10-14-7-8-21-11-14)18(20)17-12-22-15-5-3-4-6-16(15)23-17/h3-6,13-14,17H,7-12H2,1-2H3/t14-,17+/m1/s1. The van der Waals surface area contributed by atoms with E-state index < -0.39 is 6.10 Å². The van der Waals surface area contributed by atoms with Gasteiger partial charge in [0.1, 0.15) is 6.61 Å². The summed E-state index contributed by atoms with van der Waals surface area (Å²) in [6, 6.07) is 7.48. The van der Waals surface area contributed by atoms with Crippen molar-refractivity contribution in [2.24, 2.45) is 11.8 Å². The number of rotatable bonds is 5. The fourth-order valence-corrected chi connectivity index (χ4v) is 3.08. The molecule has 3 rings (SSSR count). The second kappa shape index (κ2) is 7.21. The van der Waals surface area contributed by atoms with E-state index in [4.69, 9.17) is 14.2 Å². The lowest BCUT2D eigenvalue weighted by atomic mass is 10.1. The van der Waals surface area contributed by atoms with Gasteiger partial charge in [0.2, 0.25) is 6.10 Å². The highest BCUT2D eigenvalue weighted by Crippen LogP contribution is 2.31. The van der Waals surface area contributed by atoms with Crippen LogP contribution in [0.2, 0.25) is 0 Å². The van der Waals surface area contributed by atoms with Crippen LogP contribution in [0.25, 0.3) is 0 Å². The minimum absolute atomic E-state index is 0.0140. The average molecular weight is 319 g/mol. The number of carbonyl (C=O) groups is 1. The lowest BCUT2D eigenvalue weighted by Crippen LogP contribution is -2.49. The molecular formula is C18H25NO4. The highest BCUT2D eigenvalue weighted by Gasteiger charge is 2.33. The number of benzene rings is 1. The topological polar surface area (TPSA) is 48.0 Å². The van der Waals surface area contributed by atoms with E-state index in [9.17, 15) is 4.79 Å². The number of para-hydroxylation sites is 2. The summed E-state index contributed by atoms with van der Waals surface area (Å²) in [6.45, 7) is 7.52. The van der Waals surface area contributed by atoms with E-state index in [1.807, 2.05) is 29.2 Å². The highest BCUT2D eigenvalue weighted by atomic mass is 16.6. The molecule has 5 nitrogen and oxygen atoms in total. The zero-order valence-corrected chi connectivity index (χ0v) is 13.9. The number of amides is 1. The van der Waals surface area contributed by atoms with E-state index in [1.54, 1.807) is 0 Å². The molecule has 2 heterocycles. The molecule has 0 aliphatic carbocycles. The van der Waals surface area contributed by atoms with Crippen LogP contribution in [0.15, 0.2) is 24.3 Å². The molecule has 2 atom stereocenters. The molecule has 0 saturated carbocycles. The normalized spacial score (nSPS) is 23.1. The van der Waals surface area contributed by atoms with Gasteiger partial charge in [-0.3, -0.25) is 4.79 Å². The number of fused-ring (bicyclic) bond motifs is 1. The number of ether oxygens (including phenoxy) is 3. The Kier molecular flexibility index (Phi) is 5.06. The van der Waals surface area contributed by atoms with Gasteiger partial charge in [-0.25, -0.2) is 0 Å². The van der Waals surface area contributed by atoms with E-state index in [0.29, 0.717) is 23.3 Å². The van der Waals surface area contributed by atoms with Crippen molar-refractivity contribution < 1.29 is 19.0 Å². The molecule has 0 radical (unpaired) electrons. The average Bonchev–Trinajstić information content (AvgIpc) is 3.06. The van der Waals surface area contributed by atoms with Crippen molar-refractivity contribution in [1.29, 1.82) is 0 Å². The summed E-state index contributed by atoms with van der Waals surface area (Å²) in [5.74, 6) is 2.20. The quantitative estimate of drug-likeness (QED) is 0.836. The summed E-state index contributed by atoms with van der Waals surface area (Å²) in [5, 5.41) is 0. The molecule has 0 aromatic heterocycles. The fourth-order valence-electron chi connectivity index (χ4n) is 3.08. The van der Waals surface area contributed by atoms with Crippen molar-refractivity contribution in [3.05, 3.63) is 24.3 Å². The molecule has 0 bridgehead atoms. The molecule has 1 fully saturated rings. The van der Waals surface area contributed by atoms with Gasteiger partial charge in [-0.2, -0.15) is 0 Å². The van der Waals surface area contributed by atoms with Crippen molar-refractivity contribution in [3.8, 4) is 11.5 Å². The minimum atomic E-state index is -0.564. The van der Waals surface area contributed by atoms with E-state index >= 15 is 0 Å². The monoisotopic (exact) mass is 319 g/mol. The summed E-state index contributed by atoms with van der Waals surface area (Å²) in [4.78, 5) is 14.8. The number of hydrogen-bond acceptors (Lipinski definition) is 4. The molecule has 0 spiro atoms.